The van der Waals surface area contributed by atoms with E-state index in [1.54, 1.807) is 7.11 Å². The Morgan fingerprint density at radius 1 is 0.951 bits per heavy atom. The van der Waals surface area contributed by atoms with Gasteiger partial charge in [0, 0.05) is 57.9 Å². The van der Waals surface area contributed by atoms with Gasteiger partial charge < -0.3 is 14.4 Å². The molecule has 0 saturated heterocycles. The topological polar surface area (TPSA) is 55.8 Å². The molecule has 0 radical (unpaired) electrons. The summed E-state index contributed by atoms with van der Waals surface area (Å²) < 4.78 is 12.9. The first-order valence-corrected chi connectivity index (χ1v) is 15.6. The van der Waals surface area contributed by atoms with Crippen molar-refractivity contribution in [3.63, 3.8) is 0 Å². The van der Waals surface area contributed by atoms with Gasteiger partial charge in [-0.3, -0.25) is 9.59 Å². The summed E-state index contributed by atoms with van der Waals surface area (Å²) in [6, 6.07) is 11.6. The molecule has 7 heteroatoms. The summed E-state index contributed by atoms with van der Waals surface area (Å²) in [5, 5.41) is 0.388. The van der Waals surface area contributed by atoms with Crippen LogP contribution in [0.15, 0.2) is 63.4 Å². The summed E-state index contributed by atoms with van der Waals surface area (Å²) >= 11 is 10.5. The van der Waals surface area contributed by atoms with E-state index in [4.69, 9.17) is 21.1 Å². The molecular weight excluding hydrogens is 602 g/mol. The Morgan fingerprint density at radius 2 is 1.54 bits per heavy atom. The fourth-order valence-electron chi connectivity index (χ4n) is 6.69. The summed E-state index contributed by atoms with van der Waals surface area (Å²) in [5.74, 6) is 0.649. The van der Waals surface area contributed by atoms with Gasteiger partial charge in [-0.15, -0.1) is 0 Å². The second kappa shape index (κ2) is 11.3. The Bertz CT molecular complexity index is 1420. The van der Waals surface area contributed by atoms with Crippen LogP contribution in [0.5, 0.6) is 11.5 Å². The maximum Gasteiger partial charge on any atom is 0.180 e. The highest BCUT2D eigenvalue weighted by molar-refractivity contribution is 9.10. The van der Waals surface area contributed by atoms with E-state index in [-0.39, 0.29) is 22.4 Å². The van der Waals surface area contributed by atoms with Gasteiger partial charge in [-0.25, -0.2) is 0 Å². The van der Waals surface area contributed by atoms with E-state index < -0.39 is 5.92 Å². The van der Waals surface area contributed by atoms with Crippen molar-refractivity contribution >= 4 is 39.1 Å². The largest absolute Gasteiger partial charge is 0.493 e. The van der Waals surface area contributed by atoms with Crippen LogP contribution in [-0.2, 0) is 16.2 Å². The zero-order chi connectivity index (χ0) is 29.7. The number of ether oxygens (including phenoxy) is 2. The van der Waals surface area contributed by atoms with E-state index in [2.05, 4.69) is 55.4 Å². The molecule has 0 unspecified atom stereocenters. The minimum Gasteiger partial charge on any atom is -0.493 e. The highest BCUT2D eigenvalue weighted by Crippen LogP contribution is 2.55. The molecule has 41 heavy (non-hydrogen) atoms. The molecule has 0 atom stereocenters. The monoisotopic (exact) mass is 639 g/mol. The average molecular weight is 641 g/mol. The molecule has 0 fully saturated rings. The minimum atomic E-state index is -0.482. The van der Waals surface area contributed by atoms with Crippen LogP contribution in [0.3, 0.4) is 0 Å². The number of carbonyl (C=O) groups is 2. The van der Waals surface area contributed by atoms with Crippen LogP contribution in [0.2, 0.25) is 5.02 Å². The smallest absolute Gasteiger partial charge is 0.180 e. The minimum absolute atomic E-state index is 0.107. The van der Waals surface area contributed by atoms with Crippen LogP contribution in [0.4, 0.5) is 0 Å². The van der Waals surface area contributed by atoms with Crippen LogP contribution < -0.4 is 9.47 Å². The average Bonchev–Trinajstić information content (AvgIpc) is 2.88. The molecule has 2 aliphatic carbocycles. The van der Waals surface area contributed by atoms with Gasteiger partial charge in [0.15, 0.2) is 23.1 Å². The Balaban J connectivity index is 1.66. The number of carbonyl (C=O) groups excluding carboxylic acids is 2. The summed E-state index contributed by atoms with van der Waals surface area (Å²) in [6.07, 6.45) is 3.39. The maximum atomic E-state index is 14.0. The number of Topliss-reactive ketones (excluding diaryl/α,β-unsaturated/α-hetero) is 2. The molecule has 1 heterocycles. The van der Waals surface area contributed by atoms with Crippen molar-refractivity contribution in [2.75, 3.05) is 13.7 Å². The van der Waals surface area contributed by atoms with Crippen molar-refractivity contribution in [1.82, 2.24) is 4.90 Å². The van der Waals surface area contributed by atoms with Gasteiger partial charge in [0.2, 0.25) is 0 Å². The molecule has 1 aliphatic heterocycles. The first kappa shape index (κ1) is 29.9. The van der Waals surface area contributed by atoms with Crippen LogP contribution in [0, 0.1) is 10.8 Å². The third-order valence-corrected chi connectivity index (χ3v) is 9.44. The van der Waals surface area contributed by atoms with Crippen molar-refractivity contribution in [3.8, 4) is 11.5 Å². The Labute approximate surface area is 257 Å². The fraction of sp³-hybridized carbons (Fsp3) is 0.471. The van der Waals surface area contributed by atoms with E-state index >= 15 is 0 Å². The third-order valence-electron chi connectivity index (χ3n) is 8.38. The molecule has 5 rings (SSSR count). The molecule has 3 aliphatic rings. The van der Waals surface area contributed by atoms with E-state index in [1.165, 1.54) is 0 Å². The predicted octanol–water partition coefficient (Wildman–Crippen LogP) is 8.79. The molecule has 0 aromatic heterocycles. The number of hydrogen-bond acceptors (Lipinski definition) is 5. The Kier molecular flexibility index (Phi) is 8.21. The van der Waals surface area contributed by atoms with Crippen LogP contribution in [-0.4, -0.2) is 30.1 Å². The van der Waals surface area contributed by atoms with Gasteiger partial charge in [0.1, 0.15) is 6.61 Å². The molecule has 2 aromatic carbocycles. The number of allylic oxidation sites excluding steroid dienone is 4. The van der Waals surface area contributed by atoms with Gasteiger partial charge in [0.25, 0.3) is 0 Å². The van der Waals surface area contributed by atoms with Gasteiger partial charge >= 0.3 is 0 Å². The molecule has 0 saturated carbocycles. The number of methoxy groups -OCH3 is 1. The first-order valence-electron chi connectivity index (χ1n) is 14.4. The first-order chi connectivity index (χ1) is 19.4. The Morgan fingerprint density at radius 3 is 2.07 bits per heavy atom. The van der Waals surface area contributed by atoms with Crippen molar-refractivity contribution < 1.29 is 19.1 Å². The normalized spacial score (nSPS) is 20.2. The standard InChI is InChI=1S/C34H39BrClNO4/c1-7-12-37-24-15-33(2,3)17-26(38)30(24)29(31-25(37)16-34(4,5)18-27(31)39)21-13-23(36)32(28(14-21)40-6)41-19-20-10-8-9-11-22(20)35/h8-11,13-14,29H,7,12,15-19H2,1-6H3. The summed E-state index contributed by atoms with van der Waals surface area (Å²) in [6.45, 7) is 11.9. The SMILES string of the molecule is CCCN1C2=C(C(=O)CC(C)(C)C2)C(c2cc(Cl)c(OCc3ccccc3Br)c(OC)c2)C2=C1CC(C)(C)CC2=O. The molecule has 0 bridgehead atoms. The molecular formula is C34H39BrClNO4. The van der Waals surface area contributed by atoms with Gasteiger partial charge in [-0.1, -0.05) is 80.3 Å². The van der Waals surface area contributed by atoms with E-state index in [9.17, 15) is 9.59 Å². The zero-order valence-corrected chi connectivity index (χ0v) is 27.2. The maximum absolute atomic E-state index is 14.0. The second-order valence-electron chi connectivity index (χ2n) is 13.1. The van der Waals surface area contributed by atoms with Crippen LogP contribution >= 0.6 is 27.5 Å². The van der Waals surface area contributed by atoms with Gasteiger partial charge in [-0.05, 0) is 53.9 Å². The highest BCUT2D eigenvalue weighted by atomic mass is 79.9. The lowest BCUT2D eigenvalue weighted by molar-refractivity contribution is -0.119. The quantitative estimate of drug-likeness (QED) is 0.303. The summed E-state index contributed by atoms with van der Waals surface area (Å²) in [7, 11) is 1.59. The number of ketones is 2. The number of rotatable bonds is 7. The lowest BCUT2D eigenvalue weighted by Gasteiger charge is -2.49. The summed E-state index contributed by atoms with van der Waals surface area (Å²) in [5.41, 5.74) is 5.06. The molecule has 0 N–H and O–H groups in total. The number of halogens is 2. The van der Waals surface area contributed by atoms with E-state index in [1.807, 2.05) is 36.4 Å². The van der Waals surface area contributed by atoms with Gasteiger partial charge in [-0.2, -0.15) is 0 Å². The number of benzene rings is 2. The molecule has 218 valence electrons. The predicted molar refractivity (Wildman–Crippen MR) is 166 cm³/mol. The van der Waals surface area contributed by atoms with Crippen molar-refractivity contribution in [2.24, 2.45) is 10.8 Å². The number of hydrogen-bond donors (Lipinski definition) is 0. The van der Waals surface area contributed by atoms with Crippen molar-refractivity contribution in [2.45, 2.75) is 79.2 Å². The lowest BCUT2D eigenvalue weighted by atomic mass is 9.63. The Hall–Kier alpha value is -2.57. The lowest BCUT2D eigenvalue weighted by Crippen LogP contribution is -2.44. The van der Waals surface area contributed by atoms with E-state index in [0.717, 1.165) is 63.9 Å². The van der Waals surface area contributed by atoms with Gasteiger partial charge in [0.05, 0.1) is 12.1 Å². The number of nitrogens with zero attached hydrogens (tertiary/aromatic N) is 1. The van der Waals surface area contributed by atoms with E-state index in [0.29, 0.717) is 36.0 Å². The molecule has 0 spiro atoms. The molecule has 0 amide bonds. The summed E-state index contributed by atoms with van der Waals surface area (Å²) in [4.78, 5) is 30.3. The van der Waals surface area contributed by atoms with Crippen LogP contribution in [0.1, 0.15) is 83.8 Å². The highest BCUT2D eigenvalue weighted by Gasteiger charge is 2.49. The van der Waals surface area contributed by atoms with Crippen molar-refractivity contribution in [3.05, 3.63) is 79.6 Å². The second-order valence-corrected chi connectivity index (χ2v) is 14.4. The zero-order valence-electron chi connectivity index (χ0n) is 24.8. The van der Waals surface area contributed by atoms with Crippen molar-refractivity contribution in [1.29, 1.82) is 0 Å². The third kappa shape index (κ3) is 5.75. The fourth-order valence-corrected chi connectivity index (χ4v) is 7.36. The van der Waals surface area contributed by atoms with Crippen LogP contribution in [0.25, 0.3) is 0 Å². The molecule has 5 nitrogen and oxygen atoms in total. The molecule has 2 aromatic rings.